The van der Waals surface area contributed by atoms with Crippen LogP contribution in [0.15, 0.2) is 35.3 Å². The molecule has 1 fully saturated rings. The number of nitrogens with one attached hydrogen (secondary N) is 2. The molecule has 0 saturated carbocycles. The third-order valence-electron chi connectivity index (χ3n) is 3.58. The van der Waals surface area contributed by atoms with Crippen molar-refractivity contribution in [2.75, 3.05) is 19.6 Å². The van der Waals surface area contributed by atoms with Crippen LogP contribution in [-0.4, -0.2) is 42.7 Å². The van der Waals surface area contributed by atoms with Gasteiger partial charge in [0.1, 0.15) is 0 Å². The molecule has 5 nitrogen and oxygen atoms in total. The summed E-state index contributed by atoms with van der Waals surface area (Å²) in [5.74, 6) is -0.0855. The summed E-state index contributed by atoms with van der Waals surface area (Å²) in [5, 5.41) is 0. The van der Waals surface area contributed by atoms with Gasteiger partial charge >= 0.3 is 0 Å². The van der Waals surface area contributed by atoms with Gasteiger partial charge in [-0.25, -0.2) is 5.43 Å². The molecule has 0 bridgehead atoms. The first kappa shape index (κ1) is 15.7. The molecular weight excluding hydrogens is 264 g/mol. The molecule has 1 aliphatic heterocycles. The Kier molecular flexibility index (Phi) is 6.37. The zero-order valence-corrected chi connectivity index (χ0v) is 12.6. The van der Waals surface area contributed by atoms with Gasteiger partial charge in [0.15, 0.2) is 0 Å². The quantitative estimate of drug-likeness (QED) is 0.472. The molecule has 0 unspecified atom stereocenters. The monoisotopic (exact) mass is 288 g/mol. The van der Waals surface area contributed by atoms with Gasteiger partial charge in [0.2, 0.25) is 5.91 Å². The number of carbonyl (C=O) groups excluding carboxylic acids is 1. The van der Waals surface area contributed by atoms with Crippen LogP contribution >= 0.6 is 0 Å². The summed E-state index contributed by atoms with van der Waals surface area (Å²) in [4.78, 5) is 17.7. The van der Waals surface area contributed by atoms with Gasteiger partial charge in [-0.05, 0) is 18.4 Å². The number of carbonyl (C=O) groups is 1. The number of amides is 1. The Balaban J connectivity index is 1.64. The van der Waals surface area contributed by atoms with E-state index in [2.05, 4.69) is 51.1 Å². The van der Waals surface area contributed by atoms with E-state index >= 15 is 0 Å². The Morgan fingerprint density at radius 1 is 1.33 bits per heavy atom. The van der Waals surface area contributed by atoms with Gasteiger partial charge in [0.05, 0.1) is 6.04 Å². The van der Waals surface area contributed by atoms with Crippen LogP contribution < -0.4 is 10.9 Å². The standard InChI is InChI=1S/C16H24N4O/c1-14(21)19-18-10-9-17-16-7-11-20(12-8-16)13-15-5-3-2-4-6-15/h2-6,9,16,18H,7-8,10-13H2,1H3,(H,19,21)/b17-9-. The van der Waals surface area contributed by atoms with Crippen molar-refractivity contribution in [3.05, 3.63) is 35.9 Å². The number of nitrogens with zero attached hydrogens (tertiary/aromatic N) is 2. The van der Waals surface area contributed by atoms with E-state index in [-0.39, 0.29) is 5.91 Å². The number of rotatable bonds is 6. The fraction of sp³-hybridized carbons (Fsp3) is 0.500. The third-order valence-corrected chi connectivity index (χ3v) is 3.58. The van der Waals surface area contributed by atoms with Crippen LogP contribution in [0.3, 0.4) is 0 Å². The number of hydrogen-bond acceptors (Lipinski definition) is 4. The van der Waals surface area contributed by atoms with Gasteiger partial charge in [-0.3, -0.25) is 20.1 Å². The van der Waals surface area contributed by atoms with Crippen LogP contribution in [0.2, 0.25) is 0 Å². The van der Waals surface area contributed by atoms with E-state index in [1.807, 2.05) is 6.21 Å². The molecule has 114 valence electrons. The first-order valence-corrected chi connectivity index (χ1v) is 7.51. The van der Waals surface area contributed by atoms with E-state index in [1.165, 1.54) is 12.5 Å². The Morgan fingerprint density at radius 3 is 2.71 bits per heavy atom. The maximum absolute atomic E-state index is 10.7. The molecule has 1 aliphatic rings. The highest BCUT2D eigenvalue weighted by Gasteiger charge is 2.17. The number of hydrogen-bond donors (Lipinski definition) is 2. The maximum Gasteiger partial charge on any atom is 0.230 e. The molecule has 0 atom stereocenters. The minimum Gasteiger partial charge on any atom is -0.299 e. The second kappa shape index (κ2) is 8.54. The van der Waals surface area contributed by atoms with Crippen LogP contribution in [-0.2, 0) is 11.3 Å². The van der Waals surface area contributed by atoms with Crippen molar-refractivity contribution in [3.63, 3.8) is 0 Å². The fourth-order valence-corrected chi connectivity index (χ4v) is 2.49. The average Bonchev–Trinajstić information content (AvgIpc) is 2.49. The fourth-order valence-electron chi connectivity index (χ4n) is 2.49. The van der Waals surface area contributed by atoms with Crippen LogP contribution in [0.25, 0.3) is 0 Å². The van der Waals surface area contributed by atoms with Crippen molar-refractivity contribution in [1.82, 2.24) is 15.8 Å². The lowest BCUT2D eigenvalue weighted by Crippen LogP contribution is -2.37. The number of likely N-dealkylation sites (tertiary alicyclic amines) is 1. The van der Waals surface area contributed by atoms with Crippen LogP contribution in [0.5, 0.6) is 0 Å². The molecular formula is C16H24N4O. The summed E-state index contributed by atoms with van der Waals surface area (Å²) < 4.78 is 0. The SMILES string of the molecule is CC(=O)NNC/C=N\C1CCN(Cc2ccccc2)CC1. The highest BCUT2D eigenvalue weighted by molar-refractivity contribution is 5.72. The molecule has 2 N–H and O–H groups in total. The Bertz CT molecular complexity index is 453. The second-order valence-corrected chi connectivity index (χ2v) is 5.39. The Labute approximate surface area is 126 Å². The molecule has 1 aromatic carbocycles. The molecule has 1 saturated heterocycles. The van der Waals surface area contributed by atoms with Crippen LogP contribution in [0.1, 0.15) is 25.3 Å². The predicted molar refractivity (Wildman–Crippen MR) is 85.1 cm³/mol. The topological polar surface area (TPSA) is 56.7 Å². The van der Waals surface area contributed by atoms with Crippen molar-refractivity contribution in [3.8, 4) is 0 Å². The van der Waals surface area contributed by atoms with Gasteiger partial charge in [0.25, 0.3) is 0 Å². The molecule has 0 aliphatic carbocycles. The van der Waals surface area contributed by atoms with E-state index in [1.54, 1.807) is 0 Å². The van der Waals surface area contributed by atoms with E-state index in [4.69, 9.17) is 0 Å². The summed E-state index contributed by atoms with van der Waals surface area (Å²) in [5.41, 5.74) is 6.71. The molecule has 21 heavy (non-hydrogen) atoms. The summed E-state index contributed by atoms with van der Waals surface area (Å²) >= 11 is 0. The predicted octanol–water partition coefficient (Wildman–Crippen LogP) is 1.36. The van der Waals surface area contributed by atoms with Crippen molar-refractivity contribution in [2.45, 2.75) is 32.4 Å². The molecule has 0 spiro atoms. The van der Waals surface area contributed by atoms with Crippen molar-refractivity contribution < 1.29 is 4.79 Å². The first-order valence-electron chi connectivity index (χ1n) is 7.51. The minimum atomic E-state index is -0.0855. The van der Waals surface area contributed by atoms with Gasteiger partial charge in [-0.15, -0.1) is 0 Å². The zero-order chi connectivity index (χ0) is 14.9. The molecule has 2 rings (SSSR count). The third kappa shape index (κ3) is 6.06. The summed E-state index contributed by atoms with van der Waals surface area (Å²) in [6.07, 6.45) is 4.06. The Hall–Kier alpha value is -1.72. The normalized spacial score (nSPS) is 17.2. The summed E-state index contributed by atoms with van der Waals surface area (Å²) in [7, 11) is 0. The van der Waals surface area contributed by atoms with Crippen molar-refractivity contribution >= 4 is 12.1 Å². The highest BCUT2D eigenvalue weighted by Crippen LogP contribution is 2.15. The smallest absolute Gasteiger partial charge is 0.230 e. The largest absolute Gasteiger partial charge is 0.299 e. The molecule has 1 amide bonds. The van der Waals surface area contributed by atoms with E-state index in [0.717, 1.165) is 32.5 Å². The number of benzene rings is 1. The average molecular weight is 288 g/mol. The summed E-state index contributed by atoms with van der Waals surface area (Å²) in [6, 6.07) is 11.0. The van der Waals surface area contributed by atoms with Crippen molar-refractivity contribution in [1.29, 1.82) is 0 Å². The Morgan fingerprint density at radius 2 is 2.05 bits per heavy atom. The number of piperidine rings is 1. The maximum atomic E-state index is 10.7. The van der Waals surface area contributed by atoms with Crippen LogP contribution in [0, 0.1) is 0 Å². The molecule has 0 aromatic heterocycles. The van der Waals surface area contributed by atoms with Gasteiger partial charge in [-0.1, -0.05) is 30.3 Å². The van der Waals surface area contributed by atoms with Gasteiger partial charge < -0.3 is 0 Å². The molecule has 5 heteroatoms. The lowest BCUT2D eigenvalue weighted by molar-refractivity contribution is -0.119. The van der Waals surface area contributed by atoms with E-state index in [9.17, 15) is 4.79 Å². The lowest BCUT2D eigenvalue weighted by atomic mass is 10.0. The van der Waals surface area contributed by atoms with Crippen LogP contribution in [0.4, 0.5) is 0 Å². The molecule has 0 radical (unpaired) electrons. The first-order chi connectivity index (χ1) is 10.2. The van der Waals surface area contributed by atoms with Gasteiger partial charge in [0, 0.05) is 39.3 Å². The minimum absolute atomic E-state index is 0.0855. The van der Waals surface area contributed by atoms with Gasteiger partial charge in [-0.2, -0.15) is 0 Å². The number of aliphatic imine (C=N–C) groups is 1. The summed E-state index contributed by atoms with van der Waals surface area (Å²) in [6.45, 7) is 5.27. The second-order valence-electron chi connectivity index (χ2n) is 5.39. The highest BCUT2D eigenvalue weighted by atomic mass is 16.2. The van der Waals surface area contributed by atoms with Crippen molar-refractivity contribution in [2.24, 2.45) is 4.99 Å². The zero-order valence-electron chi connectivity index (χ0n) is 12.6. The van der Waals surface area contributed by atoms with E-state index in [0.29, 0.717) is 12.6 Å². The molecule has 1 heterocycles. The lowest BCUT2D eigenvalue weighted by Gasteiger charge is -2.30. The van der Waals surface area contributed by atoms with E-state index < -0.39 is 0 Å². The molecule has 1 aromatic rings. The number of hydrazine groups is 1.